The minimum absolute atomic E-state index is 0.0643. The van der Waals surface area contributed by atoms with Crippen LogP contribution in [0.3, 0.4) is 0 Å². The van der Waals surface area contributed by atoms with Crippen molar-refractivity contribution in [3.63, 3.8) is 0 Å². The second kappa shape index (κ2) is 6.73. The van der Waals surface area contributed by atoms with Crippen LogP contribution in [0.1, 0.15) is 37.5 Å². The molecule has 0 spiro atoms. The van der Waals surface area contributed by atoms with E-state index in [4.69, 9.17) is 0 Å². The molecule has 0 bridgehead atoms. The highest BCUT2D eigenvalue weighted by atomic mass is 16.3. The molecule has 0 saturated heterocycles. The minimum Gasteiger partial charge on any atom is -0.389 e. The third-order valence-corrected chi connectivity index (χ3v) is 3.59. The first-order valence-electron chi connectivity index (χ1n) is 7.25. The van der Waals surface area contributed by atoms with E-state index in [1.54, 1.807) is 50.2 Å². The molecule has 0 aliphatic rings. The van der Waals surface area contributed by atoms with Gasteiger partial charge in [0.15, 0.2) is 0 Å². The van der Waals surface area contributed by atoms with Crippen molar-refractivity contribution in [3.8, 4) is 0 Å². The van der Waals surface area contributed by atoms with E-state index in [2.05, 4.69) is 5.32 Å². The summed E-state index contributed by atoms with van der Waals surface area (Å²) in [5.74, 6) is -0.304. The van der Waals surface area contributed by atoms with Crippen LogP contribution in [0.4, 0.5) is 5.69 Å². The number of aliphatic hydroxyl groups is 2. The number of rotatable bonds is 5. The Bertz CT molecular complexity index is 636. The highest BCUT2D eigenvalue weighted by Gasteiger charge is 2.26. The number of aliphatic hydroxyl groups excluding tert-OH is 1. The fourth-order valence-electron chi connectivity index (χ4n) is 2.38. The van der Waals surface area contributed by atoms with Crippen LogP contribution in [-0.4, -0.2) is 16.1 Å². The lowest BCUT2D eigenvalue weighted by molar-refractivity contribution is -0.120. The fourth-order valence-corrected chi connectivity index (χ4v) is 2.38. The van der Waals surface area contributed by atoms with Crippen LogP contribution >= 0.6 is 0 Å². The molecule has 3 N–H and O–H groups in total. The zero-order valence-electron chi connectivity index (χ0n) is 12.8. The van der Waals surface area contributed by atoms with E-state index in [9.17, 15) is 15.0 Å². The number of carbonyl (C=O) groups is 1. The summed E-state index contributed by atoms with van der Waals surface area (Å²) in [6.07, 6.45) is -0.739. The Morgan fingerprint density at radius 2 is 1.73 bits per heavy atom. The predicted octanol–water partition coefficient (Wildman–Crippen LogP) is 2.98. The number of amides is 1. The Balaban J connectivity index is 2.11. The first-order valence-corrected chi connectivity index (χ1v) is 7.25. The summed E-state index contributed by atoms with van der Waals surface area (Å²) >= 11 is 0. The lowest BCUT2D eigenvalue weighted by Crippen LogP contribution is -2.28. The first-order chi connectivity index (χ1) is 10.4. The van der Waals surface area contributed by atoms with Gasteiger partial charge in [0, 0.05) is 11.3 Å². The Labute approximate surface area is 130 Å². The summed E-state index contributed by atoms with van der Waals surface area (Å²) in [6, 6.07) is 16.2. The number of hydrogen-bond donors (Lipinski definition) is 3. The standard InChI is InChI=1S/C18H21NO3/c1-13(20)15-10-6-7-11-16(15)19-17(21)12-18(2,22)14-8-4-3-5-9-14/h3-11,13,20,22H,12H2,1-2H3,(H,19,21). The SMILES string of the molecule is CC(O)c1ccccc1NC(=O)CC(C)(O)c1ccccc1. The number of hydrogen-bond acceptors (Lipinski definition) is 3. The van der Waals surface area contributed by atoms with Crippen molar-refractivity contribution in [2.45, 2.75) is 32.0 Å². The number of benzene rings is 2. The molecule has 1 amide bonds. The second-order valence-corrected chi connectivity index (χ2v) is 5.63. The van der Waals surface area contributed by atoms with Crippen LogP contribution in [0.15, 0.2) is 54.6 Å². The van der Waals surface area contributed by atoms with Crippen molar-refractivity contribution in [1.82, 2.24) is 0 Å². The largest absolute Gasteiger partial charge is 0.389 e. The average Bonchev–Trinajstić information content (AvgIpc) is 2.48. The van der Waals surface area contributed by atoms with Gasteiger partial charge in [-0.05, 0) is 25.5 Å². The van der Waals surface area contributed by atoms with Crippen LogP contribution in [0.25, 0.3) is 0 Å². The Kier molecular flexibility index (Phi) is 4.96. The maximum Gasteiger partial charge on any atom is 0.227 e. The number of nitrogens with one attached hydrogen (secondary N) is 1. The number of para-hydroxylation sites is 1. The van der Waals surface area contributed by atoms with Gasteiger partial charge in [0.1, 0.15) is 0 Å². The molecule has 4 nitrogen and oxygen atoms in total. The van der Waals surface area contributed by atoms with E-state index in [0.717, 1.165) is 0 Å². The van der Waals surface area contributed by atoms with Crippen LogP contribution in [0, 0.1) is 0 Å². The van der Waals surface area contributed by atoms with Gasteiger partial charge in [-0.3, -0.25) is 4.79 Å². The minimum atomic E-state index is -1.24. The molecule has 0 aliphatic heterocycles. The molecule has 116 valence electrons. The lowest BCUT2D eigenvalue weighted by atomic mass is 9.92. The van der Waals surface area contributed by atoms with Crippen molar-refractivity contribution in [2.24, 2.45) is 0 Å². The first kappa shape index (κ1) is 16.2. The Hall–Kier alpha value is -2.17. The van der Waals surface area contributed by atoms with E-state index in [1.807, 2.05) is 18.2 Å². The van der Waals surface area contributed by atoms with Crippen molar-refractivity contribution in [3.05, 3.63) is 65.7 Å². The summed E-state index contributed by atoms with van der Waals surface area (Å²) in [5.41, 5.74) is 0.654. The van der Waals surface area contributed by atoms with Gasteiger partial charge in [-0.2, -0.15) is 0 Å². The molecule has 2 atom stereocenters. The van der Waals surface area contributed by atoms with Gasteiger partial charge in [0.2, 0.25) is 5.91 Å². The van der Waals surface area contributed by atoms with Crippen LogP contribution < -0.4 is 5.32 Å². The van der Waals surface area contributed by atoms with E-state index >= 15 is 0 Å². The lowest BCUT2D eigenvalue weighted by Gasteiger charge is -2.23. The van der Waals surface area contributed by atoms with Gasteiger partial charge in [-0.15, -0.1) is 0 Å². The summed E-state index contributed by atoms with van der Waals surface area (Å²) in [7, 11) is 0. The van der Waals surface area contributed by atoms with Gasteiger partial charge in [0.25, 0.3) is 0 Å². The monoisotopic (exact) mass is 299 g/mol. The summed E-state index contributed by atoms with van der Waals surface area (Å²) < 4.78 is 0. The van der Waals surface area contributed by atoms with Gasteiger partial charge in [-0.25, -0.2) is 0 Å². The van der Waals surface area contributed by atoms with Crippen molar-refractivity contribution >= 4 is 11.6 Å². The van der Waals surface area contributed by atoms with Crippen LogP contribution in [0.2, 0.25) is 0 Å². The summed E-state index contributed by atoms with van der Waals surface area (Å²) in [4.78, 5) is 12.2. The highest BCUT2D eigenvalue weighted by molar-refractivity contribution is 5.92. The van der Waals surface area contributed by atoms with Crippen molar-refractivity contribution in [1.29, 1.82) is 0 Å². The molecule has 2 rings (SSSR count). The normalized spacial score (nSPS) is 14.9. The molecule has 22 heavy (non-hydrogen) atoms. The predicted molar refractivity (Wildman–Crippen MR) is 86.3 cm³/mol. The maximum absolute atomic E-state index is 12.2. The quantitative estimate of drug-likeness (QED) is 0.795. The molecule has 2 aromatic rings. The average molecular weight is 299 g/mol. The maximum atomic E-state index is 12.2. The zero-order valence-corrected chi connectivity index (χ0v) is 12.8. The number of carbonyl (C=O) groups excluding carboxylic acids is 1. The summed E-state index contributed by atoms with van der Waals surface area (Å²) in [6.45, 7) is 3.26. The molecule has 2 unspecified atom stereocenters. The molecule has 0 fully saturated rings. The van der Waals surface area contributed by atoms with E-state index in [1.165, 1.54) is 0 Å². The third-order valence-electron chi connectivity index (χ3n) is 3.59. The molecule has 0 aliphatic carbocycles. The smallest absolute Gasteiger partial charge is 0.227 e. The molecular weight excluding hydrogens is 278 g/mol. The molecule has 0 heterocycles. The Morgan fingerprint density at radius 3 is 2.36 bits per heavy atom. The molecule has 0 radical (unpaired) electrons. The summed E-state index contributed by atoms with van der Waals surface area (Å²) in [5, 5.41) is 23.0. The second-order valence-electron chi connectivity index (χ2n) is 5.63. The van der Waals surface area contributed by atoms with Crippen molar-refractivity contribution in [2.75, 3.05) is 5.32 Å². The van der Waals surface area contributed by atoms with Gasteiger partial charge in [-0.1, -0.05) is 48.5 Å². The molecule has 2 aromatic carbocycles. The molecule has 4 heteroatoms. The fraction of sp³-hybridized carbons (Fsp3) is 0.278. The van der Waals surface area contributed by atoms with E-state index in [-0.39, 0.29) is 12.3 Å². The number of anilines is 1. The zero-order chi connectivity index (χ0) is 16.2. The molecule has 0 saturated carbocycles. The van der Waals surface area contributed by atoms with Gasteiger partial charge < -0.3 is 15.5 Å². The Morgan fingerprint density at radius 1 is 1.14 bits per heavy atom. The van der Waals surface area contributed by atoms with Crippen LogP contribution in [0.5, 0.6) is 0 Å². The van der Waals surface area contributed by atoms with E-state index < -0.39 is 11.7 Å². The van der Waals surface area contributed by atoms with Crippen molar-refractivity contribution < 1.29 is 15.0 Å². The van der Waals surface area contributed by atoms with E-state index in [0.29, 0.717) is 16.8 Å². The van der Waals surface area contributed by atoms with Gasteiger partial charge in [0.05, 0.1) is 18.1 Å². The topological polar surface area (TPSA) is 69.6 Å². The third kappa shape index (κ3) is 3.93. The van der Waals surface area contributed by atoms with Crippen LogP contribution in [-0.2, 0) is 10.4 Å². The molecule has 0 aromatic heterocycles. The van der Waals surface area contributed by atoms with Gasteiger partial charge >= 0.3 is 0 Å². The molecular formula is C18H21NO3. The highest BCUT2D eigenvalue weighted by Crippen LogP contribution is 2.26.